The fraction of sp³-hybridized carbons (Fsp3) is 0.619. The van der Waals surface area contributed by atoms with Crippen molar-refractivity contribution < 1.29 is 42.4 Å². The number of amides is 2. The minimum atomic E-state index is -3.59. The Hall–Kier alpha value is -3.49. The van der Waals surface area contributed by atoms with Gasteiger partial charge in [0.25, 0.3) is 0 Å². The van der Waals surface area contributed by atoms with Crippen molar-refractivity contribution in [3.8, 4) is 5.75 Å². The molecule has 0 bridgehead atoms. The van der Waals surface area contributed by atoms with Crippen LogP contribution in [-0.2, 0) is 30.5 Å². The fourth-order valence-electron chi connectivity index (χ4n) is 8.43. The highest BCUT2D eigenvalue weighted by molar-refractivity contribution is 7.91. The van der Waals surface area contributed by atoms with Gasteiger partial charge in [0, 0.05) is 39.0 Å². The molecule has 0 aromatic heterocycles. The molecule has 2 heterocycles. The fourth-order valence-corrected chi connectivity index (χ4v) is 10.1. The summed E-state index contributed by atoms with van der Waals surface area (Å²) in [5.41, 5.74) is 1.49. The molecular formula is C42H59N3O9S. The molecule has 12 nitrogen and oxygen atoms in total. The highest BCUT2D eigenvalue weighted by Gasteiger charge is 2.39. The molecular weight excluding hydrogens is 723 g/mol. The topological polar surface area (TPSA) is 155 Å². The van der Waals surface area contributed by atoms with Crippen molar-refractivity contribution in [3.63, 3.8) is 0 Å². The Morgan fingerprint density at radius 2 is 1.75 bits per heavy atom. The lowest BCUT2D eigenvalue weighted by Crippen LogP contribution is -2.49. The van der Waals surface area contributed by atoms with Gasteiger partial charge < -0.3 is 34.6 Å². The first kappa shape index (κ1) is 41.2. The molecule has 3 fully saturated rings. The molecule has 302 valence electrons. The highest BCUT2D eigenvalue weighted by atomic mass is 32.2. The maximum absolute atomic E-state index is 14.4. The van der Waals surface area contributed by atoms with Crippen LogP contribution >= 0.6 is 0 Å². The minimum Gasteiger partial charge on any atom is -0.492 e. The Kier molecular flexibility index (Phi) is 15.0. The molecule has 2 aromatic rings. The number of nitrogens with one attached hydrogen (secondary N) is 1. The number of morpholine rings is 1. The molecule has 0 spiro atoms. The van der Waals surface area contributed by atoms with Crippen molar-refractivity contribution in [2.45, 2.75) is 107 Å². The number of ether oxygens (including phenoxy) is 3. The van der Waals surface area contributed by atoms with Gasteiger partial charge in [-0.15, -0.1) is 0 Å². The van der Waals surface area contributed by atoms with Gasteiger partial charge >= 0.3 is 6.09 Å². The summed E-state index contributed by atoms with van der Waals surface area (Å²) in [5, 5.41) is 25.6. The van der Waals surface area contributed by atoms with E-state index in [9.17, 15) is 28.2 Å². The quantitative estimate of drug-likeness (QED) is 0.211. The molecule has 1 unspecified atom stereocenters. The molecule has 4 aliphatic rings. The van der Waals surface area contributed by atoms with Crippen molar-refractivity contribution in [2.75, 3.05) is 51.8 Å². The van der Waals surface area contributed by atoms with Crippen LogP contribution in [0.4, 0.5) is 4.79 Å². The van der Waals surface area contributed by atoms with Gasteiger partial charge in [-0.3, -0.25) is 9.69 Å². The van der Waals surface area contributed by atoms with Crippen molar-refractivity contribution in [1.82, 2.24) is 15.1 Å². The monoisotopic (exact) mass is 781 g/mol. The first-order valence-corrected chi connectivity index (χ1v) is 22.0. The molecule has 2 amide bonds. The summed E-state index contributed by atoms with van der Waals surface area (Å²) in [6.07, 6.45) is 9.30. The van der Waals surface area contributed by atoms with E-state index in [2.05, 4.69) is 10.2 Å². The predicted molar refractivity (Wildman–Crippen MR) is 210 cm³/mol. The van der Waals surface area contributed by atoms with Gasteiger partial charge in [0.05, 0.1) is 43.3 Å². The van der Waals surface area contributed by atoms with Gasteiger partial charge in [0.1, 0.15) is 12.4 Å². The van der Waals surface area contributed by atoms with E-state index < -0.39 is 45.7 Å². The lowest BCUT2D eigenvalue weighted by atomic mass is 9.84. The minimum absolute atomic E-state index is 0.0438. The van der Waals surface area contributed by atoms with Gasteiger partial charge in [0.2, 0.25) is 11.3 Å². The van der Waals surface area contributed by atoms with E-state index in [1.54, 1.807) is 4.90 Å². The third-order valence-electron chi connectivity index (χ3n) is 11.6. The van der Waals surface area contributed by atoms with Crippen LogP contribution in [0, 0.1) is 5.92 Å². The predicted octanol–water partition coefficient (Wildman–Crippen LogP) is 5.03. The SMILES string of the molecule is O=C(N[C@@H](CC(=O)N(CC=Cc1ccc(OCCN2CCOCC2)cc1)[C@H]1c2ccccc2C[C@H]1O)[C@@H](O)CCC1CCCCC1)OC1CCCCS1(=O)=O. The van der Waals surface area contributed by atoms with E-state index in [0.29, 0.717) is 38.2 Å². The molecule has 3 N–H and O–H groups in total. The second-order valence-corrected chi connectivity index (χ2v) is 17.8. The van der Waals surface area contributed by atoms with Crippen LogP contribution < -0.4 is 10.1 Å². The van der Waals surface area contributed by atoms with E-state index in [1.807, 2.05) is 60.7 Å². The maximum Gasteiger partial charge on any atom is 0.408 e. The number of benzene rings is 2. The number of aliphatic hydroxyl groups is 2. The molecule has 55 heavy (non-hydrogen) atoms. The number of alkyl carbamates (subject to hydrolysis) is 1. The van der Waals surface area contributed by atoms with Crippen LogP contribution in [0.3, 0.4) is 0 Å². The van der Waals surface area contributed by atoms with Crippen LogP contribution in [0.1, 0.15) is 93.4 Å². The molecule has 5 atom stereocenters. The first-order chi connectivity index (χ1) is 26.7. The van der Waals surface area contributed by atoms with Crippen LogP contribution in [0.2, 0.25) is 0 Å². The molecule has 13 heteroatoms. The molecule has 2 aromatic carbocycles. The van der Waals surface area contributed by atoms with Crippen LogP contribution in [0.5, 0.6) is 5.75 Å². The van der Waals surface area contributed by atoms with E-state index in [1.165, 1.54) is 6.42 Å². The van der Waals surface area contributed by atoms with Gasteiger partial charge in [-0.1, -0.05) is 80.7 Å². The number of hydrogen-bond acceptors (Lipinski definition) is 10. The zero-order chi connectivity index (χ0) is 38.6. The number of aliphatic hydroxyl groups excluding tert-OH is 2. The molecule has 2 aliphatic carbocycles. The average molecular weight is 782 g/mol. The molecule has 0 radical (unpaired) electrons. The molecule has 1 saturated carbocycles. The van der Waals surface area contributed by atoms with Crippen LogP contribution in [0.25, 0.3) is 6.08 Å². The summed E-state index contributed by atoms with van der Waals surface area (Å²) >= 11 is 0. The summed E-state index contributed by atoms with van der Waals surface area (Å²) in [6, 6.07) is 13.8. The average Bonchev–Trinajstić information content (AvgIpc) is 3.52. The van der Waals surface area contributed by atoms with Crippen molar-refractivity contribution >= 4 is 27.9 Å². The van der Waals surface area contributed by atoms with Crippen LogP contribution in [-0.4, -0.2) is 116 Å². The highest BCUT2D eigenvalue weighted by Crippen LogP contribution is 2.37. The number of sulfone groups is 1. The Balaban J connectivity index is 1.15. The zero-order valence-corrected chi connectivity index (χ0v) is 32.8. The first-order valence-electron chi connectivity index (χ1n) is 20.3. The standard InChI is InChI=1S/C42H59N3O9S/c46-37(20-17-31-9-2-1-3-10-31)36(43-42(49)54-40-14-6-7-28-55(40,50)51)30-39(48)45(41-35-13-5-4-12-33(35)29-38(41)47)21-8-11-32-15-18-34(19-16-32)53-27-24-44-22-25-52-26-23-44/h4-5,8,11-13,15-16,18-19,31,36-38,40-41,46-47H,1-3,6-7,9-10,14,17,20-30H2,(H,43,49)/t36-,37-,38+,40?,41-/m0/s1. The second-order valence-electron chi connectivity index (χ2n) is 15.5. The number of carbonyl (C=O) groups is 2. The van der Waals surface area contributed by atoms with Gasteiger partial charge in [-0.25, -0.2) is 13.2 Å². The molecule has 2 aliphatic heterocycles. The summed E-state index contributed by atoms with van der Waals surface area (Å²) in [4.78, 5) is 31.6. The van der Waals surface area contributed by atoms with E-state index in [0.717, 1.165) is 87.4 Å². The Labute approximate surface area is 326 Å². The maximum atomic E-state index is 14.4. The number of hydrogen-bond donors (Lipinski definition) is 3. The second kappa shape index (κ2) is 20.1. The summed E-state index contributed by atoms with van der Waals surface area (Å²) in [7, 11) is -3.59. The van der Waals surface area contributed by atoms with Gasteiger partial charge in [0.15, 0.2) is 9.84 Å². The molecule has 6 rings (SSSR count). The largest absolute Gasteiger partial charge is 0.492 e. The number of fused-ring (bicyclic) bond motifs is 1. The Bertz CT molecular complexity index is 1670. The summed E-state index contributed by atoms with van der Waals surface area (Å²) in [5.74, 6) is 0.842. The number of nitrogens with zero attached hydrogens (tertiary/aromatic N) is 2. The number of rotatable bonds is 16. The number of carbonyl (C=O) groups excluding carboxylic acids is 2. The smallest absolute Gasteiger partial charge is 0.408 e. The third-order valence-corrected chi connectivity index (χ3v) is 13.6. The lowest BCUT2D eigenvalue weighted by molar-refractivity contribution is -0.136. The van der Waals surface area contributed by atoms with Crippen molar-refractivity contribution in [1.29, 1.82) is 0 Å². The van der Waals surface area contributed by atoms with Crippen molar-refractivity contribution in [2.24, 2.45) is 5.92 Å². The summed E-state index contributed by atoms with van der Waals surface area (Å²) < 4.78 is 42.0. The van der Waals surface area contributed by atoms with Gasteiger partial charge in [-0.2, -0.15) is 0 Å². The third kappa shape index (κ3) is 11.8. The van der Waals surface area contributed by atoms with E-state index in [4.69, 9.17) is 14.2 Å². The van der Waals surface area contributed by atoms with E-state index in [-0.39, 0.29) is 31.0 Å². The lowest BCUT2D eigenvalue weighted by Gasteiger charge is -2.34. The van der Waals surface area contributed by atoms with E-state index >= 15 is 0 Å². The molecule has 2 saturated heterocycles. The van der Waals surface area contributed by atoms with Gasteiger partial charge in [-0.05, 0) is 66.8 Å². The van der Waals surface area contributed by atoms with Crippen molar-refractivity contribution in [3.05, 3.63) is 71.3 Å². The van der Waals surface area contributed by atoms with Crippen LogP contribution in [0.15, 0.2) is 54.6 Å². The Morgan fingerprint density at radius 3 is 2.51 bits per heavy atom. The summed E-state index contributed by atoms with van der Waals surface area (Å²) in [6.45, 7) is 4.91. The normalized spacial score (nSPS) is 24.1. The Morgan fingerprint density at radius 1 is 1.00 bits per heavy atom. The zero-order valence-electron chi connectivity index (χ0n) is 31.9.